The lowest BCUT2D eigenvalue weighted by Crippen LogP contribution is -2.34. The Morgan fingerprint density at radius 2 is 2.06 bits per heavy atom. The van der Waals surface area contributed by atoms with Crippen molar-refractivity contribution in [3.8, 4) is 0 Å². The van der Waals surface area contributed by atoms with Gasteiger partial charge in [0.2, 0.25) is 0 Å². The number of rotatable bonds is 4. The minimum absolute atomic E-state index is 0.162. The molecule has 0 saturated carbocycles. The molecule has 0 amide bonds. The Kier molecular flexibility index (Phi) is 4.28. The van der Waals surface area contributed by atoms with Gasteiger partial charge in [-0.1, -0.05) is 39.0 Å². The van der Waals surface area contributed by atoms with Crippen LogP contribution in [0.5, 0.6) is 0 Å². The zero-order chi connectivity index (χ0) is 13.1. The molecule has 0 aliphatic carbocycles. The molecule has 1 aliphatic heterocycles. The van der Waals surface area contributed by atoms with Crippen molar-refractivity contribution < 1.29 is 0 Å². The van der Waals surface area contributed by atoms with Crippen molar-refractivity contribution in [2.75, 3.05) is 11.4 Å². The molecule has 1 aromatic carbocycles. The minimum atomic E-state index is 0.162. The summed E-state index contributed by atoms with van der Waals surface area (Å²) in [5, 5.41) is 0. The molecule has 1 fully saturated rings. The van der Waals surface area contributed by atoms with Crippen LogP contribution in [0.25, 0.3) is 0 Å². The van der Waals surface area contributed by atoms with Crippen LogP contribution >= 0.6 is 0 Å². The summed E-state index contributed by atoms with van der Waals surface area (Å²) in [4.78, 5) is 2.58. The Bertz CT molecular complexity index is 386. The van der Waals surface area contributed by atoms with E-state index in [2.05, 4.69) is 49.9 Å². The molecule has 0 bridgehead atoms. The minimum Gasteiger partial charge on any atom is -0.368 e. The maximum Gasteiger partial charge on any atom is 0.0417 e. The molecule has 2 N–H and O–H groups in total. The van der Waals surface area contributed by atoms with E-state index < -0.39 is 0 Å². The second-order valence-corrected chi connectivity index (χ2v) is 5.72. The first kappa shape index (κ1) is 13.4. The Hall–Kier alpha value is -1.02. The van der Waals surface area contributed by atoms with Crippen molar-refractivity contribution in [1.82, 2.24) is 0 Å². The summed E-state index contributed by atoms with van der Waals surface area (Å²) in [5.74, 6) is 0.707. The maximum atomic E-state index is 6.26. The van der Waals surface area contributed by atoms with E-state index in [1.807, 2.05) is 0 Å². The Balaban J connectivity index is 2.32. The van der Waals surface area contributed by atoms with Crippen molar-refractivity contribution in [2.24, 2.45) is 11.7 Å². The second-order valence-electron chi connectivity index (χ2n) is 5.72. The predicted molar refractivity (Wildman–Crippen MR) is 78.9 cm³/mol. The highest BCUT2D eigenvalue weighted by molar-refractivity contribution is 5.56. The monoisotopic (exact) mass is 246 g/mol. The van der Waals surface area contributed by atoms with Gasteiger partial charge in [0, 0.05) is 24.3 Å². The van der Waals surface area contributed by atoms with Crippen molar-refractivity contribution >= 4 is 5.69 Å². The fraction of sp³-hybridized carbons (Fsp3) is 0.625. The lowest BCUT2D eigenvalue weighted by molar-refractivity contribution is 0.490. The van der Waals surface area contributed by atoms with Gasteiger partial charge in [0.15, 0.2) is 0 Å². The average molecular weight is 246 g/mol. The molecular weight excluding hydrogens is 220 g/mol. The number of hydrogen-bond donors (Lipinski definition) is 1. The maximum absolute atomic E-state index is 6.26. The molecule has 1 unspecified atom stereocenters. The van der Waals surface area contributed by atoms with Crippen LogP contribution in [0.15, 0.2) is 24.3 Å². The van der Waals surface area contributed by atoms with Gasteiger partial charge >= 0.3 is 0 Å². The predicted octanol–water partition coefficient (Wildman–Crippen LogP) is 3.72. The van der Waals surface area contributed by atoms with E-state index in [-0.39, 0.29) is 6.04 Å². The first-order valence-corrected chi connectivity index (χ1v) is 7.26. The highest BCUT2D eigenvalue weighted by atomic mass is 15.2. The van der Waals surface area contributed by atoms with E-state index >= 15 is 0 Å². The number of nitrogens with two attached hydrogens (primary N) is 1. The summed E-state index contributed by atoms with van der Waals surface area (Å²) in [5.41, 5.74) is 8.93. The van der Waals surface area contributed by atoms with E-state index in [1.54, 1.807) is 0 Å². The standard InChI is InChI=1S/C16H26N2/c1-4-14(17)13-8-5-6-9-16(13)18-11-7-10-15(18)12(2)3/h5-6,8-9,12,14-15H,4,7,10-11,17H2,1-3H3/t14-,15?/m1/s1. The Labute approximate surface area is 111 Å². The Morgan fingerprint density at radius 1 is 1.33 bits per heavy atom. The zero-order valence-corrected chi connectivity index (χ0v) is 11.9. The van der Waals surface area contributed by atoms with E-state index in [9.17, 15) is 0 Å². The summed E-state index contributed by atoms with van der Waals surface area (Å²) in [6, 6.07) is 9.51. The van der Waals surface area contributed by atoms with Gasteiger partial charge in [0.1, 0.15) is 0 Å². The molecule has 2 heteroatoms. The normalized spacial score (nSPS) is 21.6. The van der Waals surface area contributed by atoms with Gasteiger partial charge in [-0.15, -0.1) is 0 Å². The lowest BCUT2D eigenvalue weighted by atomic mass is 9.98. The molecule has 2 nitrogen and oxygen atoms in total. The number of hydrogen-bond acceptors (Lipinski definition) is 2. The van der Waals surface area contributed by atoms with Crippen LogP contribution in [0.2, 0.25) is 0 Å². The van der Waals surface area contributed by atoms with Crippen molar-refractivity contribution in [3.63, 3.8) is 0 Å². The third kappa shape index (κ3) is 2.54. The van der Waals surface area contributed by atoms with Crippen LogP contribution in [0.4, 0.5) is 5.69 Å². The van der Waals surface area contributed by atoms with Crippen LogP contribution in [0.1, 0.15) is 51.6 Å². The van der Waals surface area contributed by atoms with Gasteiger partial charge < -0.3 is 10.6 Å². The third-order valence-electron chi connectivity index (χ3n) is 4.15. The molecule has 1 aromatic rings. The van der Waals surface area contributed by atoms with Crippen LogP contribution in [0, 0.1) is 5.92 Å². The molecular formula is C16H26N2. The van der Waals surface area contributed by atoms with Crippen LogP contribution in [-0.2, 0) is 0 Å². The fourth-order valence-corrected chi connectivity index (χ4v) is 3.07. The topological polar surface area (TPSA) is 29.3 Å². The molecule has 0 radical (unpaired) electrons. The van der Waals surface area contributed by atoms with Crippen LogP contribution in [0.3, 0.4) is 0 Å². The average Bonchev–Trinajstić information content (AvgIpc) is 2.87. The summed E-state index contributed by atoms with van der Waals surface area (Å²) < 4.78 is 0. The quantitative estimate of drug-likeness (QED) is 0.877. The third-order valence-corrected chi connectivity index (χ3v) is 4.15. The molecule has 1 saturated heterocycles. The number of para-hydroxylation sites is 1. The lowest BCUT2D eigenvalue weighted by Gasteiger charge is -2.32. The first-order valence-electron chi connectivity index (χ1n) is 7.26. The smallest absolute Gasteiger partial charge is 0.0417 e. The zero-order valence-electron chi connectivity index (χ0n) is 11.9. The first-order chi connectivity index (χ1) is 8.65. The van der Waals surface area contributed by atoms with Crippen molar-refractivity contribution in [2.45, 2.75) is 52.1 Å². The van der Waals surface area contributed by atoms with Crippen LogP contribution in [-0.4, -0.2) is 12.6 Å². The highest BCUT2D eigenvalue weighted by Gasteiger charge is 2.28. The van der Waals surface area contributed by atoms with Gasteiger partial charge in [-0.3, -0.25) is 0 Å². The van der Waals surface area contributed by atoms with E-state index in [1.165, 1.54) is 30.6 Å². The van der Waals surface area contributed by atoms with Crippen molar-refractivity contribution in [1.29, 1.82) is 0 Å². The SMILES string of the molecule is CC[C@@H](N)c1ccccc1N1CCCC1C(C)C. The van der Waals surface area contributed by atoms with Crippen molar-refractivity contribution in [3.05, 3.63) is 29.8 Å². The number of benzene rings is 1. The van der Waals surface area contributed by atoms with Gasteiger partial charge in [-0.2, -0.15) is 0 Å². The number of anilines is 1. The van der Waals surface area contributed by atoms with Crippen LogP contribution < -0.4 is 10.6 Å². The second kappa shape index (κ2) is 5.75. The van der Waals surface area contributed by atoms with Gasteiger partial charge in [0.05, 0.1) is 0 Å². The fourth-order valence-electron chi connectivity index (χ4n) is 3.07. The molecule has 0 aromatic heterocycles. The molecule has 18 heavy (non-hydrogen) atoms. The molecule has 2 rings (SSSR count). The molecule has 0 spiro atoms. The summed E-state index contributed by atoms with van der Waals surface area (Å²) in [6.45, 7) is 7.98. The summed E-state index contributed by atoms with van der Waals surface area (Å²) in [6.07, 6.45) is 3.61. The summed E-state index contributed by atoms with van der Waals surface area (Å²) in [7, 11) is 0. The van der Waals surface area contributed by atoms with E-state index in [4.69, 9.17) is 5.73 Å². The summed E-state index contributed by atoms with van der Waals surface area (Å²) >= 11 is 0. The number of nitrogens with zero attached hydrogens (tertiary/aromatic N) is 1. The van der Waals surface area contributed by atoms with E-state index in [0.717, 1.165) is 6.42 Å². The van der Waals surface area contributed by atoms with Gasteiger partial charge in [0.25, 0.3) is 0 Å². The molecule has 1 heterocycles. The van der Waals surface area contributed by atoms with E-state index in [0.29, 0.717) is 12.0 Å². The Morgan fingerprint density at radius 3 is 2.72 bits per heavy atom. The molecule has 100 valence electrons. The largest absolute Gasteiger partial charge is 0.368 e. The van der Waals surface area contributed by atoms with Gasteiger partial charge in [-0.25, -0.2) is 0 Å². The molecule has 2 atom stereocenters. The van der Waals surface area contributed by atoms with Gasteiger partial charge in [-0.05, 0) is 36.8 Å². The molecule has 1 aliphatic rings. The highest BCUT2D eigenvalue weighted by Crippen LogP contribution is 2.34.